The van der Waals surface area contributed by atoms with Gasteiger partial charge < -0.3 is 4.90 Å². The lowest BCUT2D eigenvalue weighted by molar-refractivity contribution is 0.0992. The summed E-state index contributed by atoms with van der Waals surface area (Å²) < 4.78 is 13.2. The highest BCUT2D eigenvalue weighted by molar-refractivity contribution is 7.80. The second-order valence-corrected chi connectivity index (χ2v) is 5.36. The molecule has 0 heterocycles. The molecule has 20 heavy (non-hydrogen) atoms. The second kappa shape index (κ2) is 5.67. The van der Waals surface area contributed by atoms with E-state index in [2.05, 4.69) is 12.6 Å². The van der Waals surface area contributed by atoms with Crippen LogP contribution in [0.2, 0.25) is 0 Å². The Balaban J connectivity index is 2.34. The standard InChI is InChI=1S/C16H16FNOS/c1-10-6-11(2)8-13(7-10)18(3)16(19)12-4-5-14(17)15(20)9-12/h4-9,20H,1-3H3. The Morgan fingerprint density at radius 1 is 1.10 bits per heavy atom. The van der Waals surface area contributed by atoms with Gasteiger partial charge in [-0.2, -0.15) is 0 Å². The number of carbonyl (C=O) groups excluding carboxylic acids is 1. The van der Waals surface area contributed by atoms with Crippen LogP contribution in [-0.2, 0) is 0 Å². The Kier molecular flexibility index (Phi) is 4.14. The number of thiol groups is 1. The molecule has 1 amide bonds. The van der Waals surface area contributed by atoms with Crippen LogP contribution in [0.5, 0.6) is 0 Å². The normalized spacial score (nSPS) is 10.4. The molecule has 2 nitrogen and oxygen atoms in total. The van der Waals surface area contributed by atoms with Crippen LogP contribution in [0.4, 0.5) is 10.1 Å². The SMILES string of the molecule is Cc1cc(C)cc(N(C)C(=O)c2ccc(F)c(S)c2)c1. The molecule has 0 N–H and O–H groups in total. The van der Waals surface area contributed by atoms with Gasteiger partial charge in [0.25, 0.3) is 5.91 Å². The molecule has 2 rings (SSSR count). The molecule has 0 radical (unpaired) electrons. The van der Waals surface area contributed by atoms with Gasteiger partial charge >= 0.3 is 0 Å². The third-order valence-corrected chi connectivity index (χ3v) is 3.43. The number of amides is 1. The summed E-state index contributed by atoms with van der Waals surface area (Å²) in [6, 6.07) is 10.1. The first-order valence-electron chi connectivity index (χ1n) is 6.23. The van der Waals surface area contributed by atoms with Crippen molar-refractivity contribution in [3.05, 3.63) is 58.9 Å². The van der Waals surface area contributed by atoms with E-state index in [9.17, 15) is 9.18 Å². The van der Waals surface area contributed by atoms with Gasteiger partial charge in [0.2, 0.25) is 0 Å². The van der Waals surface area contributed by atoms with Gasteiger partial charge in [-0.3, -0.25) is 4.79 Å². The van der Waals surface area contributed by atoms with Crippen LogP contribution in [0.1, 0.15) is 21.5 Å². The van der Waals surface area contributed by atoms with Gasteiger partial charge in [0.05, 0.1) is 0 Å². The van der Waals surface area contributed by atoms with E-state index in [1.54, 1.807) is 11.9 Å². The topological polar surface area (TPSA) is 20.3 Å². The molecule has 0 aliphatic rings. The number of anilines is 1. The van der Waals surface area contributed by atoms with Gasteiger partial charge in [-0.05, 0) is 55.3 Å². The summed E-state index contributed by atoms with van der Waals surface area (Å²) in [7, 11) is 1.71. The summed E-state index contributed by atoms with van der Waals surface area (Å²) in [6.07, 6.45) is 0. The lowest BCUT2D eigenvalue weighted by atomic mass is 10.1. The molecule has 0 aliphatic carbocycles. The summed E-state index contributed by atoms with van der Waals surface area (Å²) in [4.78, 5) is 14.1. The number of halogens is 1. The minimum absolute atomic E-state index is 0.171. The molecule has 0 bridgehead atoms. The van der Waals surface area contributed by atoms with Crippen molar-refractivity contribution >= 4 is 24.2 Å². The van der Waals surface area contributed by atoms with Crippen molar-refractivity contribution in [2.45, 2.75) is 18.7 Å². The molecule has 2 aromatic rings. The first-order valence-corrected chi connectivity index (χ1v) is 6.68. The highest BCUT2D eigenvalue weighted by Gasteiger charge is 2.15. The zero-order valence-corrected chi connectivity index (χ0v) is 12.5. The molecule has 2 aromatic carbocycles. The van der Waals surface area contributed by atoms with E-state index < -0.39 is 5.82 Å². The van der Waals surface area contributed by atoms with Crippen molar-refractivity contribution in [1.82, 2.24) is 0 Å². The van der Waals surface area contributed by atoms with Gasteiger partial charge in [0.1, 0.15) is 5.82 Å². The van der Waals surface area contributed by atoms with E-state index in [1.165, 1.54) is 18.2 Å². The van der Waals surface area contributed by atoms with Crippen LogP contribution in [0.15, 0.2) is 41.3 Å². The predicted molar refractivity (Wildman–Crippen MR) is 82.3 cm³/mol. The van der Waals surface area contributed by atoms with E-state index in [0.29, 0.717) is 5.56 Å². The summed E-state index contributed by atoms with van der Waals surface area (Å²) >= 11 is 4.00. The summed E-state index contributed by atoms with van der Waals surface area (Å²) in [5.74, 6) is -0.621. The summed E-state index contributed by atoms with van der Waals surface area (Å²) in [5.41, 5.74) is 3.41. The molecular formula is C16H16FNOS. The Hall–Kier alpha value is -1.81. The van der Waals surface area contributed by atoms with Gasteiger partial charge in [0.15, 0.2) is 0 Å². The van der Waals surface area contributed by atoms with Gasteiger partial charge in [-0.25, -0.2) is 4.39 Å². The maximum Gasteiger partial charge on any atom is 0.258 e. The van der Waals surface area contributed by atoms with Crippen molar-refractivity contribution in [2.75, 3.05) is 11.9 Å². The number of benzene rings is 2. The first-order chi connectivity index (χ1) is 9.38. The molecule has 0 atom stereocenters. The molecule has 104 valence electrons. The Morgan fingerprint density at radius 2 is 1.70 bits per heavy atom. The van der Waals surface area contributed by atoms with Crippen LogP contribution in [0.25, 0.3) is 0 Å². The van der Waals surface area contributed by atoms with Crippen LogP contribution in [0, 0.1) is 19.7 Å². The van der Waals surface area contributed by atoms with Crippen molar-refractivity contribution in [2.24, 2.45) is 0 Å². The molecule has 0 unspecified atom stereocenters. The number of hydrogen-bond acceptors (Lipinski definition) is 2. The molecule has 4 heteroatoms. The van der Waals surface area contributed by atoms with Gasteiger partial charge in [-0.15, -0.1) is 12.6 Å². The first kappa shape index (κ1) is 14.6. The van der Waals surface area contributed by atoms with Crippen molar-refractivity contribution in [1.29, 1.82) is 0 Å². The zero-order chi connectivity index (χ0) is 14.9. The fourth-order valence-corrected chi connectivity index (χ4v) is 2.31. The lowest BCUT2D eigenvalue weighted by Gasteiger charge is -2.19. The number of rotatable bonds is 2. The molecule has 0 spiro atoms. The Labute approximate surface area is 123 Å². The Morgan fingerprint density at radius 3 is 2.25 bits per heavy atom. The average Bonchev–Trinajstić information content (AvgIpc) is 2.39. The molecule has 0 saturated carbocycles. The third kappa shape index (κ3) is 3.02. The maximum absolute atomic E-state index is 13.2. The van der Waals surface area contributed by atoms with Crippen molar-refractivity contribution in [3.8, 4) is 0 Å². The monoisotopic (exact) mass is 289 g/mol. The van der Waals surface area contributed by atoms with E-state index in [0.717, 1.165) is 16.8 Å². The molecule has 0 saturated heterocycles. The van der Waals surface area contributed by atoms with Crippen LogP contribution in [0.3, 0.4) is 0 Å². The van der Waals surface area contributed by atoms with Crippen LogP contribution < -0.4 is 4.90 Å². The van der Waals surface area contributed by atoms with E-state index in [1.807, 2.05) is 32.0 Å². The minimum Gasteiger partial charge on any atom is -0.311 e. The number of aryl methyl sites for hydroxylation is 2. The predicted octanol–water partition coefficient (Wildman–Crippen LogP) is 4.01. The molecular weight excluding hydrogens is 273 g/mol. The average molecular weight is 289 g/mol. The molecule has 0 fully saturated rings. The van der Waals surface area contributed by atoms with E-state index >= 15 is 0 Å². The zero-order valence-electron chi connectivity index (χ0n) is 11.6. The Bertz CT molecular complexity index is 649. The van der Waals surface area contributed by atoms with Crippen LogP contribution >= 0.6 is 12.6 Å². The van der Waals surface area contributed by atoms with E-state index in [4.69, 9.17) is 0 Å². The number of carbonyl (C=O) groups is 1. The minimum atomic E-state index is -0.432. The lowest BCUT2D eigenvalue weighted by Crippen LogP contribution is -2.26. The van der Waals surface area contributed by atoms with Gasteiger partial charge in [-0.1, -0.05) is 6.07 Å². The van der Waals surface area contributed by atoms with Crippen LogP contribution in [-0.4, -0.2) is 13.0 Å². The highest BCUT2D eigenvalue weighted by atomic mass is 32.1. The fourth-order valence-electron chi connectivity index (χ4n) is 2.10. The smallest absolute Gasteiger partial charge is 0.258 e. The second-order valence-electron chi connectivity index (χ2n) is 4.88. The number of nitrogens with zero attached hydrogens (tertiary/aromatic N) is 1. The summed E-state index contributed by atoms with van der Waals surface area (Å²) in [6.45, 7) is 3.97. The largest absolute Gasteiger partial charge is 0.311 e. The summed E-state index contributed by atoms with van der Waals surface area (Å²) in [5, 5.41) is 0. The molecule has 0 aliphatic heterocycles. The van der Waals surface area contributed by atoms with Crippen molar-refractivity contribution in [3.63, 3.8) is 0 Å². The third-order valence-electron chi connectivity index (χ3n) is 3.09. The quantitative estimate of drug-likeness (QED) is 0.828. The van der Waals surface area contributed by atoms with Gasteiger partial charge in [0, 0.05) is 23.2 Å². The molecule has 0 aromatic heterocycles. The maximum atomic E-state index is 13.2. The van der Waals surface area contributed by atoms with Crippen molar-refractivity contribution < 1.29 is 9.18 Å². The highest BCUT2D eigenvalue weighted by Crippen LogP contribution is 2.21. The van der Waals surface area contributed by atoms with E-state index in [-0.39, 0.29) is 10.8 Å². The fraction of sp³-hybridized carbons (Fsp3) is 0.188. The number of hydrogen-bond donors (Lipinski definition) is 1.